The van der Waals surface area contributed by atoms with Crippen LogP contribution in [0.1, 0.15) is 17.3 Å². The number of benzene rings is 1. The number of nitrogens with zero attached hydrogens (tertiary/aromatic N) is 1. The van der Waals surface area contributed by atoms with Crippen molar-refractivity contribution >= 4 is 23.4 Å². The molecule has 2 unspecified atom stereocenters. The monoisotopic (exact) mass is 270 g/mol. The molecule has 0 amide bonds. The van der Waals surface area contributed by atoms with E-state index in [0.29, 0.717) is 0 Å². The van der Waals surface area contributed by atoms with Gasteiger partial charge in [0, 0.05) is 5.56 Å². The minimum absolute atomic E-state index is 0.183. The lowest BCUT2D eigenvalue weighted by Crippen LogP contribution is -2.37. The van der Waals surface area contributed by atoms with E-state index >= 15 is 0 Å². The number of rotatable bonds is 6. The normalized spacial score (nSPS) is 13.4. The Bertz CT molecular complexity index is 459. The molecular formula is C11H9ClNO5-. The molecule has 0 saturated heterocycles. The van der Waals surface area contributed by atoms with Gasteiger partial charge in [-0.15, -0.1) is 4.91 Å². The molecule has 0 heterocycles. The molecule has 0 aliphatic heterocycles. The number of hydrogen-bond donors (Lipinski definition) is 0. The molecule has 1 rings (SSSR count). The van der Waals surface area contributed by atoms with Gasteiger partial charge >= 0.3 is 0 Å². The Labute approximate surface area is 107 Å². The summed E-state index contributed by atoms with van der Waals surface area (Å²) in [7, 11) is 0. The van der Waals surface area contributed by atoms with Crippen LogP contribution < -0.4 is 9.84 Å². The van der Waals surface area contributed by atoms with E-state index in [2.05, 4.69) is 5.18 Å². The summed E-state index contributed by atoms with van der Waals surface area (Å²) in [5.74, 6) is -1.72. The molecule has 0 aliphatic carbocycles. The van der Waals surface area contributed by atoms with Crippen molar-refractivity contribution in [1.82, 2.24) is 0 Å². The number of carbonyl (C=O) groups is 2. The van der Waals surface area contributed by atoms with Crippen molar-refractivity contribution < 1.29 is 19.4 Å². The summed E-state index contributed by atoms with van der Waals surface area (Å²) >= 11 is 5.37. The Morgan fingerprint density at radius 3 is 2.33 bits per heavy atom. The quantitative estimate of drug-likeness (QED) is 0.328. The number of nitroso groups, excluding NO2 is 1. The Hall–Kier alpha value is -1.95. The minimum Gasteiger partial charge on any atom is -0.546 e. The molecule has 0 aromatic heterocycles. The highest BCUT2D eigenvalue weighted by Gasteiger charge is 2.17. The van der Waals surface area contributed by atoms with Gasteiger partial charge in [-0.3, -0.25) is 4.79 Å². The zero-order valence-electron chi connectivity index (χ0n) is 9.33. The third-order valence-corrected chi connectivity index (χ3v) is 2.37. The number of halogens is 1. The summed E-state index contributed by atoms with van der Waals surface area (Å²) in [6, 6.07) is 5.50. The van der Waals surface area contributed by atoms with Crippen LogP contribution >= 0.6 is 11.6 Å². The van der Waals surface area contributed by atoms with Crippen LogP contribution in [0.5, 0.6) is 5.75 Å². The van der Waals surface area contributed by atoms with Crippen molar-refractivity contribution in [2.45, 2.75) is 18.5 Å². The van der Waals surface area contributed by atoms with Gasteiger partial charge < -0.3 is 14.6 Å². The second-order valence-electron chi connectivity index (χ2n) is 3.41. The van der Waals surface area contributed by atoms with Gasteiger partial charge in [-0.25, -0.2) is 0 Å². The van der Waals surface area contributed by atoms with E-state index in [0.717, 1.165) is 0 Å². The fraction of sp³-hybridized carbons (Fsp3) is 0.273. The predicted molar refractivity (Wildman–Crippen MR) is 61.3 cm³/mol. The Kier molecular flexibility index (Phi) is 4.79. The number of Topliss-reactive ketones (excluding diaryl/α,β-unsaturated/α-hetero) is 1. The Morgan fingerprint density at radius 1 is 1.33 bits per heavy atom. The van der Waals surface area contributed by atoms with E-state index in [1.165, 1.54) is 31.2 Å². The maximum absolute atomic E-state index is 11.4. The number of ether oxygens (including phenoxy) is 1. The lowest BCUT2D eigenvalue weighted by atomic mass is 10.1. The van der Waals surface area contributed by atoms with E-state index < -0.39 is 23.4 Å². The van der Waals surface area contributed by atoms with Gasteiger partial charge in [-0.05, 0) is 36.4 Å². The van der Waals surface area contributed by atoms with Crippen LogP contribution in [-0.4, -0.2) is 23.4 Å². The first-order valence-corrected chi connectivity index (χ1v) is 5.37. The molecule has 18 heavy (non-hydrogen) atoms. The van der Waals surface area contributed by atoms with Gasteiger partial charge in [0.1, 0.15) is 11.9 Å². The highest BCUT2D eigenvalue weighted by molar-refractivity contribution is 6.33. The first kappa shape index (κ1) is 14.1. The topological polar surface area (TPSA) is 95.9 Å². The smallest absolute Gasteiger partial charge is 0.227 e. The zero-order chi connectivity index (χ0) is 13.7. The van der Waals surface area contributed by atoms with E-state index in [9.17, 15) is 19.6 Å². The van der Waals surface area contributed by atoms with Gasteiger partial charge in [-0.2, -0.15) is 0 Å². The van der Waals surface area contributed by atoms with Crippen LogP contribution in [0.25, 0.3) is 0 Å². The van der Waals surface area contributed by atoms with Gasteiger partial charge in [0.05, 0.1) is 5.97 Å². The lowest BCUT2D eigenvalue weighted by molar-refractivity contribution is -0.312. The summed E-state index contributed by atoms with van der Waals surface area (Å²) in [5.41, 5.74) is -1.29. The molecule has 0 fully saturated rings. The Morgan fingerprint density at radius 2 is 1.89 bits per heavy atom. The molecule has 7 heteroatoms. The van der Waals surface area contributed by atoms with E-state index in [-0.39, 0.29) is 11.3 Å². The van der Waals surface area contributed by atoms with E-state index in [1.54, 1.807) is 0 Å². The standard InChI is InChI=1S/C11H10ClNO5/c1-6(11(15)16)18-8-4-2-7(3-5-8)9(14)10(12)13-17/h2-6,10H,1H3,(H,15,16)/p-1. The fourth-order valence-electron chi connectivity index (χ4n) is 1.14. The minimum atomic E-state index is -1.47. The van der Waals surface area contributed by atoms with Crippen molar-refractivity contribution in [1.29, 1.82) is 0 Å². The van der Waals surface area contributed by atoms with Gasteiger partial charge in [0.2, 0.25) is 11.3 Å². The van der Waals surface area contributed by atoms with Crippen LogP contribution in [0.15, 0.2) is 29.4 Å². The third kappa shape index (κ3) is 3.53. The molecule has 0 N–H and O–H groups in total. The number of carboxylic acid groups (broad SMARTS) is 1. The molecule has 0 aliphatic rings. The van der Waals surface area contributed by atoms with E-state index in [1.807, 2.05) is 0 Å². The SMILES string of the molecule is CC(Oc1ccc(C(=O)C(Cl)N=O)cc1)C(=O)[O-]. The van der Waals surface area contributed by atoms with Crippen LogP contribution in [0.3, 0.4) is 0 Å². The third-order valence-electron chi connectivity index (χ3n) is 2.09. The first-order chi connectivity index (χ1) is 8.45. The first-order valence-electron chi connectivity index (χ1n) is 4.94. The average Bonchev–Trinajstić information content (AvgIpc) is 2.37. The number of carboxylic acids is 1. The molecular weight excluding hydrogens is 262 g/mol. The highest BCUT2D eigenvalue weighted by Crippen LogP contribution is 2.16. The lowest BCUT2D eigenvalue weighted by Gasteiger charge is -2.15. The van der Waals surface area contributed by atoms with Crippen LogP contribution in [0.2, 0.25) is 0 Å². The highest BCUT2D eigenvalue weighted by atomic mass is 35.5. The van der Waals surface area contributed by atoms with Crippen molar-refractivity contribution in [2.24, 2.45) is 5.18 Å². The molecule has 0 saturated carbocycles. The second kappa shape index (κ2) is 6.11. The van der Waals surface area contributed by atoms with Crippen molar-refractivity contribution in [3.8, 4) is 5.75 Å². The molecule has 0 radical (unpaired) electrons. The largest absolute Gasteiger partial charge is 0.546 e. The van der Waals surface area contributed by atoms with E-state index in [4.69, 9.17) is 16.3 Å². The number of hydrogen-bond acceptors (Lipinski definition) is 6. The van der Waals surface area contributed by atoms with Crippen molar-refractivity contribution in [2.75, 3.05) is 0 Å². The summed E-state index contributed by atoms with van der Waals surface area (Å²) < 4.78 is 5.01. The Balaban J connectivity index is 2.77. The van der Waals surface area contributed by atoms with Crippen molar-refractivity contribution in [3.63, 3.8) is 0 Å². The van der Waals surface area contributed by atoms with Crippen LogP contribution in [0.4, 0.5) is 0 Å². The second-order valence-corrected chi connectivity index (χ2v) is 3.82. The molecule has 2 atom stereocenters. The van der Waals surface area contributed by atoms with Gasteiger partial charge in [0.15, 0.2) is 0 Å². The molecule has 96 valence electrons. The predicted octanol–water partition coefficient (Wildman–Crippen LogP) is 0.718. The maximum atomic E-state index is 11.4. The number of carbonyl (C=O) groups excluding carboxylic acids is 2. The zero-order valence-corrected chi connectivity index (χ0v) is 10.1. The van der Waals surface area contributed by atoms with Gasteiger partial charge in [0.25, 0.3) is 0 Å². The molecule has 6 nitrogen and oxygen atoms in total. The summed E-state index contributed by atoms with van der Waals surface area (Å²) in [6.45, 7) is 1.32. The number of alkyl halides is 1. The molecule has 0 spiro atoms. The van der Waals surface area contributed by atoms with Crippen LogP contribution in [-0.2, 0) is 4.79 Å². The summed E-state index contributed by atoms with van der Waals surface area (Å²) in [5, 5.41) is 12.9. The maximum Gasteiger partial charge on any atom is 0.227 e. The fourth-order valence-corrected chi connectivity index (χ4v) is 1.26. The molecule has 1 aromatic carbocycles. The van der Waals surface area contributed by atoms with Gasteiger partial charge in [-0.1, -0.05) is 11.6 Å². The number of aliphatic carboxylic acids is 1. The van der Waals surface area contributed by atoms with Crippen molar-refractivity contribution in [3.05, 3.63) is 34.7 Å². The molecule has 1 aromatic rings. The summed E-state index contributed by atoms with van der Waals surface area (Å²) in [4.78, 5) is 32.0. The van der Waals surface area contributed by atoms with Crippen LogP contribution in [0, 0.1) is 4.91 Å². The average molecular weight is 271 g/mol. The number of ketones is 1. The summed E-state index contributed by atoms with van der Waals surface area (Å²) in [6.07, 6.45) is -1.11. The molecule has 0 bridgehead atoms.